The Morgan fingerprint density at radius 1 is 0.477 bits per heavy atom. The van der Waals surface area contributed by atoms with E-state index < -0.39 is 116 Å². The quantitative estimate of drug-likeness (QED) is 0.203. The number of carbonyl (C=O) groups is 7. The van der Waals surface area contributed by atoms with Crippen LogP contribution in [0.5, 0.6) is 0 Å². The molecule has 2 aliphatic heterocycles. The maximum atomic E-state index is 12.1. The number of ether oxygens (including phenoxy) is 10. The SMILES string of the molecule is CC(=O)OC[C@H]1O[C@@H](OC[C@@H]2O[C@@H](O)[C@H](OC(C)=O)[C@@H](OC(C)=O)[C@@H]2OC(C)=O)[C@H](OC(C)=O)[C@@H](OC(C)=O)[C@@H]1OC(C)=O. The Bertz CT molecular complexity index is 1090. The van der Waals surface area contributed by atoms with Gasteiger partial charge in [0.25, 0.3) is 0 Å². The van der Waals surface area contributed by atoms with Gasteiger partial charge < -0.3 is 52.5 Å². The molecule has 2 rings (SSSR count). The van der Waals surface area contributed by atoms with E-state index in [1.54, 1.807) is 0 Å². The van der Waals surface area contributed by atoms with Crippen molar-refractivity contribution in [3.63, 3.8) is 0 Å². The van der Waals surface area contributed by atoms with Crippen LogP contribution in [0.25, 0.3) is 0 Å². The molecular formula is C26H36O18. The molecule has 10 atom stereocenters. The monoisotopic (exact) mass is 636 g/mol. The molecule has 44 heavy (non-hydrogen) atoms. The molecule has 18 heteroatoms. The third-order valence-electron chi connectivity index (χ3n) is 5.89. The molecule has 0 spiro atoms. The van der Waals surface area contributed by atoms with Crippen LogP contribution in [0.4, 0.5) is 0 Å². The van der Waals surface area contributed by atoms with E-state index >= 15 is 0 Å². The Hall–Kier alpha value is -3.87. The van der Waals surface area contributed by atoms with E-state index in [4.69, 9.17) is 47.4 Å². The molecule has 1 N–H and O–H groups in total. The van der Waals surface area contributed by atoms with Gasteiger partial charge >= 0.3 is 41.8 Å². The summed E-state index contributed by atoms with van der Waals surface area (Å²) in [5.41, 5.74) is 0. The minimum Gasteiger partial charge on any atom is -0.463 e. The summed E-state index contributed by atoms with van der Waals surface area (Å²) in [4.78, 5) is 83.0. The molecule has 2 aliphatic rings. The lowest BCUT2D eigenvalue weighted by atomic mass is 9.97. The normalized spacial score (nSPS) is 31.5. The molecule has 0 aromatic rings. The van der Waals surface area contributed by atoms with Gasteiger partial charge in [-0.2, -0.15) is 0 Å². The van der Waals surface area contributed by atoms with Gasteiger partial charge in [-0.15, -0.1) is 0 Å². The Kier molecular flexibility index (Phi) is 13.4. The smallest absolute Gasteiger partial charge is 0.303 e. The fourth-order valence-corrected chi connectivity index (χ4v) is 4.52. The lowest BCUT2D eigenvalue weighted by Gasteiger charge is -2.45. The summed E-state index contributed by atoms with van der Waals surface area (Å²) < 4.78 is 53.7. The van der Waals surface area contributed by atoms with E-state index in [0.29, 0.717) is 0 Å². The summed E-state index contributed by atoms with van der Waals surface area (Å²) >= 11 is 0. The van der Waals surface area contributed by atoms with Crippen molar-refractivity contribution in [1.29, 1.82) is 0 Å². The largest absolute Gasteiger partial charge is 0.463 e. The molecule has 0 aliphatic carbocycles. The molecule has 0 saturated carbocycles. The van der Waals surface area contributed by atoms with E-state index in [0.717, 1.165) is 48.5 Å². The maximum Gasteiger partial charge on any atom is 0.303 e. The standard InChI is InChI=1S/C26H36O18/c1-10(27)35-8-18-20(38-12(3)29)22(40-14(5)31)24(42-16(7)33)26(44-18)36-9-17-19(37-11(2)28)21(39-13(4)30)23(25(34)43-17)41-15(6)32/h17-26,34H,8-9H2,1-7H3/t17-,18+,19+,20+,21-,22-,23+,24+,25+,26+/m0/s1. The zero-order valence-electron chi connectivity index (χ0n) is 25.1. The molecule has 0 amide bonds. The minimum atomic E-state index is -1.90. The van der Waals surface area contributed by atoms with Crippen molar-refractivity contribution in [3.05, 3.63) is 0 Å². The highest BCUT2D eigenvalue weighted by molar-refractivity contribution is 5.69. The van der Waals surface area contributed by atoms with Gasteiger partial charge in [0.15, 0.2) is 49.2 Å². The first kappa shape index (κ1) is 36.3. The van der Waals surface area contributed by atoms with Crippen LogP contribution < -0.4 is 0 Å². The molecule has 18 nitrogen and oxygen atoms in total. The number of hydrogen-bond donors (Lipinski definition) is 1. The third-order valence-corrected chi connectivity index (χ3v) is 5.89. The lowest BCUT2D eigenvalue weighted by molar-refractivity contribution is -0.330. The summed E-state index contributed by atoms with van der Waals surface area (Å²) in [5, 5.41) is 10.6. The zero-order chi connectivity index (χ0) is 33.3. The number of rotatable bonds is 11. The molecule has 0 aromatic carbocycles. The van der Waals surface area contributed by atoms with Crippen LogP contribution in [0.3, 0.4) is 0 Å². The van der Waals surface area contributed by atoms with Gasteiger partial charge in [0.2, 0.25) is 0 Å². The second-order valence-electron chi connectivity index (χ2n) is 9.69. The first-order valence-corrected chi connectivity index (χ1v) is 13.3. The fraction of sp³-hybridized carbons (Fsp3) is 0.731. The van der Waals surface area contributed by atoms with E-state index in [2.05, 4.69) is 0 Å². The van der Waals surface area contributed by atoms with Crippen molar-refractivity contribution >= 4 is 41.8 Å². The summed E-state index contributed by atoms with van der Waals surface area (Å²) in [6.07, 6.45) is -15.6. The highest BCUT2D eigenvalue weighted by Crippen LogP contribution is 2.32. The molecule has 248 valence electrons. The number of carbonyl (C=O) groups excluding carboxylic acids is 7. The molecule has 0 aromatic heterocycles. The molecule has 2 saturated heterocycles. The molecule has 2 heterocycles. The third kappa shape index (κ3) is 10.7. The topological polar surface area (TPSA) is 232 Å². The first-order chi connectivity index (χ1) is 20.5. The summed E-state index contributed by atoms with van der Waals surface area (Å²) in [6.45, 7) is 6.15. The Morgan fingerprint density at radius 2 is 0.841 bits per heavy atom. The molecular weight excluding hydrogens is 600 g/mol. The van der Waals surface area contributed by atoms with Crippen molar-refractivity contribution in [3.8, 4) is 0 Å². The predicted octanol–water partition coefficient (Wildman–Crippen LogP) is -1.40. The summed E-state index contributed by atoms with van der Waals surface area (Å²) in [5.74, 6) is -5.94. The van der Waals surface area contributed by atoms with Gasteiger partial charge in [-0.1, -0.05) is 0 Å². The van der Waals surface area contributed by atoms with Crippen molar-refractivity contribution < 1.29 is 86.0 Å². The molecule has 0 bridgehead atoms. The fourth-order valence-electron chi connectivity index (χ4n) is 4.52. The summed E-state index contributed by atoms with van der Waals surface area (Å²) in [6, 6.07) is 0. The average molecular weight is 637 g/mol. The lowest BCUT2D eigenvalue weighted by Crippen LogP contribution is -2.64. The Labute approximate surface area is 251 Å². The second-order valence-corrected chi connectivity index (χ2v) is 9.69. The van der Waals surface area contributed by atoms with Gasteiger partial charge in [-0.3, -0.25) is 33.6 Å². The highest BCUT2D eigenvalue weighted by atomic mass is 16.7. The Morgan fingerprint density at radius 3 is 1.27 bits per heavy atom. The van der Waals surface area contributed by atoms with Crippen molar-refractivity contribution in [2.75, 3.05) is 13.2 Å². The predicted molar refractivity (Wildman–Crippen MR) is 135 cm³/mol. The van der Waals surface area contributed by atoms with Gasteiger partial charge in [0, 0.05) is 48.5 Å². The van der Waals surface area contributed by atoms with E-state index in [1.165, 1.54) is 0 Å². The molecule has 0 radical (unpaired) electrons. The highest BCUT2D eigenvalue weighted by Gasteiger charge is 2.55. The average Bonchev–Trinajstić information content (AvgIpc) is 2.87. The van der Waals surface area contributed by atoms with Crippen molar-refractivity contribution in [1.82, 2.24) is 0 Å². The van der Waals surface area contributed by atoms with Crippen LogP contribution in [-0.2, 0) is 80.9 Å². The zero-order valence-corrected chi connectivity index (χ0v) is 25.1. The Balaban J connectivity index is 2.48. The summed E-state index contributed by atoms with van der Waals surface area (Å²) in [7, 11) is 0. The van der Waals surface area contributed by atoms with Crippen molar-refractivity contribution in [2.45, 2.75) is 110 Å². The van der Waals surface area contributed by atoms with Crippen LogP contribution in [0.15, 0.2) is 0 Å². The molecule has 0 unspecified atom stereocenters. The van der Waals surface area contributed by atoms with Crippen LogP contribution in [0.1, 0.15) is 48.5 Å². The number of hydrogen-bond acceptors (Lipinski definition) is 18. The second kappa shape index (κ2) is 16.3. The maximum absolute atomic E-state index is 12.1. The first-order valence-electron chi connectivity index (χ1n) is 13.3. The van der Waals surface area contributed by atoms with Crippen LogP contribution >= 0.6 is 0 Å². The van der Waals surface area contributed by atoms with Gasteiger partial charge in [0.1, 0.15) is 18.8 Å². The van der Waals surface area contributed by atoms with Gasteiger partial charge in [-0.05, 0) is 0 Å². The van der Waals surface area contributed by atoms with Crippen LogP contribution in [-0.4, -0.2) is 122 Å². The number of aliphatic hydroxyl groups excluding tert-OH is 1. The minimum absolute atomic E-state index is 0.523. The van der Waals surface area contributed by atoms with E-state index in [-0.39, 0.29) is 0 Å². The molecule has 2 fully saturated rings. The van der Waals surface area contributed by atoms with Gasteiger partial charge in [-0.25, -0.2) is 0 Å². The van der Waals surface area contributed by atoms with E-state index in [9.17, 15) is 38.7 Å². The van der Waals surface area contributed by atoms with Crippen LogP contribution in [0.2, 0.25) is 0 Å². The van der Waals surface area contributed by atoms with E-state index in [1.807, 2.05) is 0 Å². The number of aliphatic hydroxyl groups is 1. The van der Waals surface area contributed by atoms with Crippen LogP contribution in [0, 0.1) is 0 Å². The van der Waals surface area contributed by atoms with Gasteiger partial charge in [0.05, 0.1) is 6.61 Å². The number of esters is 7. The van der Waals surface area contributed by atoms with Crippen molar-refractivity contribution in [2.24, 2.45) is 0 Å².